The molecule has 0 spiro atoms. The minimum absolute atomic E-state index is 0.182. The lowest BCUT2D eigenvalue weighted by Crippen LogP contribution is -2.44. The lowest BCUT2D eigenvalue weighted by atomic mass is 10.0. The normalized spacial score (nSPS) is 15.9. The highest BCUT2D eigenvalue weighted by Gasteiger charge is 2.53. The molecule has 0 atom stereocenters. The van der Waals surface area contributed by atoms with Gasteiger partial charge >= 0.3 is 18.2 Å². The molecular weight excluding hydrogens is 424 g/mol. The van der Waals surface area contributed by atoms with Crippen molar-refractivity contribution in [2.75, 3.05) is 9.80 Å². The Labute approximate surface area is 171 Å². The molecule has 1 aliphatic rings. The number of carbonyl (C=O) groups is 3. The third kappa shape index (κ3) is 3.43. The molecule has 0 bridgehead atoms. The largest absolute Gasteiger partial charge is 0.478 e. The number of amides is 3. The first-order chi connectivity index (χ1) is 14.3. The number of anilines is 2. The van der Waals surface area contributed by atoms with Crippen molar-refractivity contribution in [3.8, 4) is 6.07 Å². The molecule has 160 valence electrons. The molecule has 1 aromatic carbocycles. The first kappa shape index (κ1) is 21.7. The Morgan fingerprint density at radius 3 is 2.39 bits per heavy atom. The van der Waals surface area contributed by atoms with Crippen LogP contribution in [-0.4, -0.2) is 33.5 Å². The molecular formula is C19H12F4N4O4. The number of aromatic carboxylic acids is 1. The second kappa shape index (κ2) is 7.05. The highest BCUT2D eigenvalue weighted by atomic mass is 19.4. The number of urea groups is 1. The predicted molar refractivity (Wildman–Crippen MR) is 96.8 cm³/mol. The van der Waals surface area contributed by atoms with E-state index < -0.39 is 57.9 Å². The van der Waals surface area contributed by atoms with Crippen LogP contribution in [0, 0.1) is 17.1 Å². The van der Waals surface area contributed by atoms with Crippen molar-refractivity contribution in [2.24, 2.45) is 0 Å². The average molecular weight is 436 g/mol. The van der Waals surface area contributed by atoms with Crippen molar-refractivity contribution in [2.45, 2.75) is 25.6 Å². The van der Waals surface area contributed by atoms with Crippen molar-refractivity contribution in [3.63, 3.8) is 0 Å². The lowest BCUT2D eigenvalue weighted by molar-refractivity contribution is -0.137. The number of benzene rings is 1. The van der Waals surface area contributed by atoms with E-state index in [2.05, 4.69) is 4.98 Å². The Kier molecular flexibility index (Phi) is 4.93. The van der Waals surface area contributed by atoms with E-state index in [0.717, 1.165) is 23.1 Å². The number of rotatable bonds is 3. The molecule has 0 radical (unpaired) electrons. The third-order valence-electron chi connectivity index (χ3n) is 4.65. The van der Waals surface area contributed by atoms with Crippen molar-refractivity contribution in [1.29, 1.82) is 5.26 Å². The molecule has 0 aliphatic carbocycles. The van der Waals surface area contributed by atoms with Crippen LogP contribution in [0.1, 0.15) is 35.3 Å². The standard InChI is InChI=1S/C19H12F4N4O4/c1-18(2)16(30)26(14-6-12(19(21,22)23)9(7-24)8-25-14)17(31)27(18)10-3-4-11(15(28)29)13(20)5-10/h3-6,8H,1-2H3,(H,28,29). The number of imide groups is 1. The van der Waals surface area contributed by atoms with Crippen molar-refractivity contribution >= 4 is 29.4 Å². The van der Waals surface area contributed by atoms with Crippen LogP contribution in [0.15, 0.2) is 30.5 Å². The molecule has 1 aromatic heterocycles. The van der Waals surface area contributed by atoms with Crippen molar-refractivity contribution < 1.29 is 37.1 Å². The van der Waals surface area contributed by atoms with Crippen LogP contribution in [-0.2, 0) is 11.0 Å². The summed E-state index contributed by atoms with van der Waals surface area (Å²) in [7, 11) is 0. The number of alkyl halides is 3. The van der Waals surface area contributed by atoms with Gasteiger partial charge in [-0.15, -0.1) is 0 Å². The van der Waals surface area contributed by atoms with Gasteiger partial charge in [0.25, 0.3) is 5.91 Å². The molecule has 8 nitrogen and oxygen atoms in total. The summed E-state index contributed by atoms with van der Waals surface area (Å²) in [4.78, 5) is 41.7. The van der Waals surface area contributed by atoms with E-state index in [4.69, 9.17) is 10.4 Å². The minimum Gasteiger partial charge on any atom is -0.478 e. The molecule has 2 heterocycles. The summed E-state index contributed by atoms with van der Waals surface area (Å²) in [5.41, 5.74) is -4.69. The highest BCUT2D eigenvalue weighted by molar-refractivity contribution is 6.29. The number of nitrogens with zero attached hydrogens (tertiary/aromatic N) is 4. The molecule has 3 amide bonds. The Hall–Kier alpha value is -4.01. The van der Waals surface area contributed by atoms with Crippen LogP contribution in [0.4, 0.5) is 33.9 Å². The number of carboxylic acid groups (broad SMARTS) is 1. The maximum atomic E-state index is 14.1. The van der Waals surface area contributed by atoms with Crippen LogP contribution < -0.4 is 9.80 Å². The Bertz CT molecular complexity index is 1170. The van der Waals surface area contributed by atoms with Gasteiger partial charge in [0.05, 0.1) is 16.7 Å². The van der Waals surface area contributed by atoms with Crippen molar-refractivity contribution in [3.05, 3.63) is 53.0 Å². The van der Waals surface area contributed by atoms with E-state index in [0.29, 0.717) is 17.2 Å². The van der Waals surface area contributed by atoms with Crippen LogP contribution in [0.25, 0.3) is 0 Å². The number of carbonyl (C=O) groups excluding carboxylic acids is 2. The fraction of sp³-hybridized carbons (Fsp3) is 0.211. The lowest BCUT2D eigenvalue weighted by Gasteiger charge is -2.27. The molecule has 0 unspecified atom stereocenters. The Balaban J connectivity index is 2.12. The molecule has 12 heteroatoms. The van der Waals surface area contributed by atoms with Gasteiger partial charge < -0.3 is 5.11 Å². The van der Waals surface area contributed by atoms with Crippen LogP contribution in [0.5, 0.6) is 0 Å². The highest BCUT2D eigenvalue weighted by Crippen LogP contribution is 2.38. The number of pyridine rings is 1. The van der Waals surface area contributed by atoms with E-state index in [-0.39, 0.29) is 5.69 Å². The van der Waals surface area contributed by atoms with Crippen LogP contribution >= 0.6 is 0 Å². The number of hydrogen-bond acceptors (Lipinski definition) is 5. The summed E-state index contributed by atoms with van der Waals surface area (Å²) in [5.74, 6) is -4.34. The van der Waals surface area contributed by atoms with Crippen LogP contribution in [0.2, 0.25) is 0 Å². The second-order valence-electron chi connectivity index (χ2n) is 6.98. The predicted octanol–water partition coefficient (Wildman–Crippen LogP) is 3.56. The Morgan fingerprint density at radius 2 is 1.87 bits per heavy atom. The number of hydrogen-bond donors (Lipinski definition) is 1. The zero-order valence-electron chi connectivity index (χ0n) is 15.9. The number of halogens is 4. The maximum absolute atomic E-state index is 14.1. The van der Waals surface area contributed by atoms with E-state index in [1.54, 1.807) is 0 Å². The summed E-state index contributed by atoms with van der Waals surface area (Å²) < 4.78 is 53.9. The number of carboxylic acids is 1. The first-order valence-corrected chi connectivity index (χ1v) is 8.49. The molecule has 1 saturated heterocycles. The summed E-state index contributed by atoms with van der Waals surface area (Å²) in [6.07, 6.45) is -4.35. The summed E-state index contributed by atoms with van der Waals surface area (Å²) >= 11 is 0. The minimum atomic E-state index is -4.94. The topological polar surface area (TPSA) is 115 Å². The van der Waals surface area contributed by atoms with Gasteiger partial charge in [-0.05, 0) is 38.1 Å². The SMILES string of the molecule is CC1(C)C(=O)N(c2cc(C(F)(F)F)c(C#N)cn2)C(=O)N1c1ccc(C(=O)O)c(F)c1. The maximum Gasteiger partial charge on any atom is 0.417 e. The molecule has 0 saturated carbocycles. The third-order valence-corrected chi connectivity index (χ3v) is 4.65. The molecule has 1 aliphatic heterocycles. The first-order valence-electron chi connectivity index (χ1n) is 8.49. The smallest absolute Gasteiger partial charge is 0.417 e. The van der Waals surface area contributed by atoms with Gasteiger partial charge in [-0.3, -0.25) is 9.69 Å². The average Bonchev–Trinajstić information content (AvgIpc) is 2.84. The fourth-order valence-corrected chi connectivity index (χ4v) is 3.14. The monoisotopic (exact) mass is 436 g/mol. The van der Waals surface area contributed by atoms with Gasteiger partial charge in [0.2, 0.25) is 0 Å². The van der Waals surface area contributed by atoms with Gasteiger partial charge in [-0.25, -0.2) is 23.9 Å². The zero-order chi connectivity index (χ0) is 23.3. The molecule has 3 rings (SSSR count). The Morgan fingerprint density at radius 1 is 1.23 bits per heavy atom. The number of nitriles is 1. The summed E-state index contributed by atoms with van der Waals surface area (Å²) in [6, 6.07) is 3.34. The quantitative estimate of drug-likeness (QED) is 0.581. The van der Waals surface area contributed by atoms with Gasteiger partial charge in [-0.2, -0.15) is 18.4 Å². The van der Waals surface area contributed by atoms with E-state index in [9.17, 15) is 31.9 Å². The van der Waals surface area contributed by atoms with Gasteiger partial charge in [0.15, 0.2) is 0 Å². The molecule has 2 aromatic rings. The summed E-state index contributed by atoms with van der Waals surface area (Å²) in [5, 5.41) is 17.8. The van der Waals surface area contributed by atoms with E-state index in [1.807, 2.05) is 0 Å². The van der Waals surface area contributed by atoms with Crippen LogP contribution in [0.3, 0.4) is 0 Å². The van der Waals surface area contributed by atoms with Gasteiger partial charge in [0, 0.05) is 11.9 Å². The number of aromatic nitrogens is 1. The van der Waals surface area contributed by atoms with E-state index >= 15 is 0 Å². The molecule has 1 fully saturated rings. The van der Waals surface area contributed by atoms with Gasteiger partial charge in [-0.1, -0.05) is 0 Å². The summed E-state index contributed by atoms with van der Waals surface area (Å²) in [6.45, 7) is 2.56. The van der Waals surface area contributed by atoms with Gasteiger partial charge in [0.1, 0.15) is 23.2 Å². The molecule has 1 N–H and O–H groups in total. The molecule has 31 heavy (non-hydrogen) atoms. The van der Waals surface area contributed by atoms with E-state index in [1.165, 1.54) is 19.9 Å². The zero-order valence-corrected chi connectivity index (χ0v) is 15.9. The fourth-order valence-electron chi connectivity index (χ4n) is 3.14. The van der Waals surface area contributed by atoms with Crippen molar-refractivity contribution in [1.82, 2.24) is 4.98 Å². The second-order valence-corrected chi connectivity index (χ2v) is 6.98.